The Labute approximate surface area is 109 Å². The topological polar surface area (TPSA) is 50.9 Å². The molecule has 0 amide bonds. The Morgan fingerprint density at radius 1 is 1.41 bits per heavy atom. The fourth-order valence-corrected chi connectivity index (χ4v) is 2.10. The first-order valence-corrected chi connectivity index (χ1v) is 6.90. The largest absolute Gasteiger partial charge is 0.325 e. The van der Waals surface area contributed by atoms with Gasteiger partial charge in [0.15, 0.2) is 0 Å². The molecule has 98 valence electrons. The summed E-state index contributed by atoms with van der Waals surface area (Å²) in [5.41, 5.74) is 6.04. The van der Waals surface area contributed by atoms with E-state index in [9.17, 15) is 0 Å². The summed E-state index contributed by atoms with van der Waals surface area (Å²) in [5, 5.41) is 4.67. The first kappa shape index (κ1) is 14.6. The number of nitrogens with two attached hydrogens (primary N) is 1. The minimum atomic E-state index is -0.196. The van der Waals surface area contributed by atoms with Gasteiger partial charge in [0, 0.05) is 23.2 Å². The van der Waals surface area contributed by atoms with E-state index in [0.29, 0.717) is 0 Å². The Morgan fingerprint density at radius 3 is 2.41 bits per heavy atom. The second-order valence-corrected chi connectivity index (χ2v) is 7.28. The molecular weight excluding hydrogens is 230 g/mol. The number of hydrogen-bond acceptors (Lipinski definition) is 4. The molecule has 0 aromatic carbocycles. The van der Waals surface area contributed by atoms with Gasteiger partial charge in [-0.1, -0.05) is 13.8 Å². The van der Waals surface area contributed by atoms with Gasteiger partial charge in [0.1, 0.15) is 5.01 Å². The molecular formula is C13H25N3S. The van der Waals surface area contributed by atoms with Gasteiger partial charge in [-0.15, -0.1) is 11.3 Å². The van der Waals surface area contributed by atoms with Crippen LogP contribution in [0.2, 0.25) is 0 Å². The minimum Gasteiger partial charge on any atom is -0.325 e. The van der Waals surface area contributed by atoms with Crippen molar-refractivity contribution in [2.75, 3.05) is 6.54 Å². The van der Waals surface area contributed by atoms with Crippen LogP contribution in [0.5, 0.6) is 0 Å². The van der Waals surface area contributed by atoms with Crippen molar-refractivity contribution in [1.82, 2.24) is 10.3 Å². The second kappa shape index (κ2) is 5.04. The van der Waals surface area contributed by atoms with Crippen LogP contribution >= 0.6 is 11.3 Å². The standard InChI is InChI=1S/C13H25N3S/c1-9-7-15-11(17-9)10(2)16-8-12(3,4)13(5,6)14/h7,10,16H,8,14H2,1-6H3. The predicted octanol–water partition coefficient (Wildman–Crippen LogP) is 2.87. The molecule has 0 fully saturated rings. The second-order valence-electron chi connectivity index (χ2n) is 6.02. The lowest BCUT2D eigenvalue weighted by Crippen LogP contribution is -2.52. The molecule has 1 unspecified atom stereocenters. The van der Waals surface area contributed by atoms with Crippen molar-refractivity contribution in [2.45, 2.75) is 53.1 Å². The molecule has 1 heterocycles. The molecule has 0 spiro atoms. The van der Waals surface area contributed by atoms with Crippen molar-refractivity contribution in [3.05, 3.63) is 16.1 Å². The summed E-state index contributed by atoms with van der Waals surface area (Å²) >= 11 is 1.75. The van der Waals surface area contributed by atoms with E-state index in [2.05, 4.69) is 51.8 Å². The van der Waals surface area contributed by atoms with Gasteiger partial charge < -0.3 is 11.1 Å². The predicted molar refractivity (Wildman–Crippen MR) is 75.3 cm³/mol. The van der Waals surface area contributed by atoms with E-state index in [1.165, 1.54) is 4.88 Å². The van der Waals surface area contributed by atoms with Crippen LogP contribution in [0, 0.1) is 12.3 Å². The van der Waals surface area contributed by atoms with Crippen LogP contribution in [0.15, 0.2) is 6.20 Å². The van der Waals surface area contributed by atoms with Crippen molar-refractivity contribution in [1.29, 1.82) is 0 Å². The molecule has 3 N–H and O–H groups in total. The number of thiazole rings is 1. The molecule has 0 aliphatic heterocycles. The van der Waals surface area contributed by atoms with Crippen LogP contribution in [0.1, 0.15) is 50.5 Å². The van der Waals surface area contributed by atoms with Crippen molar-refractivity contribution in [2.24, 2.45) is 11.1 Å². The highest BCUT2D eigenvalue weighted by Crippen LogP contribution is 2.28. The van der Waals surface area contributed by atoms with Gasteiger partial charge in [-0.3, -0.25) is 0 Å². The molecule has 0 aliphatic carbocycles. The molecule has 4 heteroatoms. The van der Waals surface area contributed by atoms with Crippen molar-refractivity contribution in [3.63, 3.8) is 0 Å². The molecule has 3 nitrogen and oxygen atoms in total. The summed E-state index contributed by atoms with van der Waals surface area (Å²) in [4.78, 5) is 5.66. The van der Waals surface area contributed by atoms with E-state index in [4.69, 9.17) is 5.73 Å². The Kier molecular flexibility index (Phi) is 4.33. The van der Waals surface area contributed by atoms with E-state index in [0.717, 1.165) is 11.6 Å². The number of aryl methyl sites for hydroxylation is 1. The van der Waals surface area contributed by atoms with Crippen molar-refractivity contribution < 1.29 is 0 Å². The van der Waals surface area contributed by atoms with E-state index < -0.39 is 0 Å². The molecule has 0 radical (unpaired) electrons. The fourth-order valence-electron chi connectivity index (χ4n) is 1.30. The molecule has 1 rings (SSSR count). The van der Waals surface area contributed by atoms with Crippen LogP contribution in [0.4, 0.5) is 0 Å². The molecule has 0 saturated carbocycles. The van der Waals surface area contributed by atoms with Gasteiger partial charge in [0.05, 0.1) is 6.04 Å². The van der Waals surface area contributed by atoms with Gasteiger partial charge in [-0.05, 0) is 33.1 Å². The Morgan fingerprint density at radius 2 is 2.00 bits per heavy atom. The first-order valence-electron chi connectivity index (χ1n) is 6.08. The highest BCUT2D eigenvalue weighted by Gasteiger charge is 2.33. The zero-order valence-corrected chi connectivity index (χ0v) is 12.6. The van der Waals surface area contributed by atoms with Crippen LogP contribution in [0.3, 0.4) is 0 Å². The minimum absolute atomic E-state index is 0.0492. The summed E-state index contributed by atoms with van der Waals surface area (Å²) < 4.78 is 0. The third-order valence-electron chi connectivity index (χ3n) is 3.60. The SMILES string of the molecule is Cc1cnc(C(C)NCC(C)(C)C(C)(C)N)s1. The highest BCUT2D eigenvalue weighted by molar-refractivity contribution is 7.11. The Hall–Kier alpha value is -0.450. The Balaban J connectivity index is 2.57. The summed E-state index contributed by atoms with van der Waals surface area (Å²) in [6.07, 6.45) is 1.93. The molecule has 1 aromatic heterocycles. The third kappa shape index (κ3) is 3.76. The summed E-state index contributed by atoms with van der Waals surface area (Å²) in [6.45, 7) is 13.7. The maximum atomic E-state index is 6.19. The van der Waals surface area contributed by atoms with Gasteiger partial charge in [-0.25, -0.2) is 4.98 Å². The summed E-state index contributed by atoms with van der Waals surface area (Å²) in [6, 6.07) is 0.287. The van der Waals surface area contributed by atoms with Gasteiger partial charge in [0.25, 0.3) is 0 Å². The zero-order valence-electron chi connectivity index (χ0n) is 11.8. The maximum absolute atomic E-state index is 6.19. The molecule has 17 heavy (non-hydrogen) atoms. The molecule has 1 aromatic rings. The maximum Gasteiger partial charge on any atom is 0.109 e. The van der Waals surface area contributed by atoms with E-state index in [1.807, 2.05) is 6.20 Å². The average molecular weight is 255 g/mol. The number of aromatic nitrogens is 1. The number of hydrogen-bond donors (Lipinski definition) is 2. The van der Waals surface area contributed by atoms with Crippen LogP contribution < -0.4 is 11.1 Å². The van der Waals surface area contributed by atoms with Crippen LogP contribution in [0.25, 0.3) is 0 Å². The Bertz CT molecular complexity index is 363. The first-order chi connectivity index (χ1) is 7.63. The number of nitrogens with zero attached hydrogens (tertiary/aromatic N) is 1. The monoisotopic (exact) mass is 255 g/mol. The van der Waals surface area contributed by atoms with Gasteiger partial charge in [0.2, 0.25) is 0 Å². The lowest BCUT2D eigenvalue weighted by molar-refractivity contribution is 0.189. The van der Waals surface area contributed by atoms with Crippen LogP contribution in [-0.4, -0.2) is 17.1 Å². The molecule has 1 atom stereocenters. The average Bonchev–Trinajstić information content (AvgIpc) is 2.59. The quantitative estimate of drug-likeness (QED) is 0.850. The van der Waals surface area contributed by atoms with Gasteiger partial charge >= 0.3 is 0 Å². The van der Waals surface area contributed by atoms with Crippen LogP contribution in [-0.2, 0) is 0 Å². The van der Waals surface area contributed by atoms with E-state index in [1.54, 1.807) is 11.3 Å². The third-order valence-corrected chi connectivity index (χ3v) is 4.70. The highest BCUT2D eigenvalue weighted by atomic mass is 32.1. The van der Waals surface area contributed by atoms with E-state index in [-0.39, 0.29) is 17.0 Å². The number of rotatable bonds is 5. The lowest BCUT2D eigenvalue weighted by Gasteiger charge is -2.39. The summed E-state index contributed by atoms with van der Waals surface area (Å²) in [5.74, 6) is 0. The van der Waals surface area contributed by atoms with Gasteiger partial charge in [-0.2, -0.15) is 0 Å². The molecule has 0 aliphatic rings. The van der Waals surface area contributed by atoms with Crippen molar-refractivity contribution in [3.8, 4) is 0 Å². The molecule has 0 bridgehead atoms. The van der Waals surface area contributed by atoms with Crippen molar-refractivity contribution >= 4 is 11.3 Å². The molecule has 0 saturated heterocycles. The zero-order chi connectivity index (χ0) is 13.3. The normalized spacial score (nSPS) is 15.0. The lowest BCUT2D eigenvalue weighted by atomic mass is 9.75. The summed E-state index contributed by atoms with van der Waals surface area (Å²) in [7, 11) is 0. The number of nitrogens with one attached hydrogen (secondary N) is 1. The van der Waals surface area contributed by atoms with E-state index >= 15 is 0 Å². The smallest absolute Gasteiger partial charge is 0.109 e. The fraction of sp³-hybridized carbons (Fsp3) is 0.769.